The second-order valence-corrected chi connectivity index (χ2v) is 22.5. The van der Waals surface area contributed by atoms with Crippen molar-refractivity contribution in [2.24, 2.45) is 16.7 Å². The van der Waals surface area contributed by atoms with Gasteiger partial charge < -0.3 is 54.0 Å². The van der Waals surface area contributed by atoms with Crippen molar-refractivity contribution in [3.63, 3.8) is 0 Å². The third-order valence-corrected chi connectivity index (χ3v) is 17.2. The highest BCUT2D eigenvalue weighted by Crippen LogP contribution is 2.64. The number of Topliss-reactive ketones (excluding diaryl/α,β-unsaturated/α-hetero) is 1. The predicted molar refractivity (Wildman–Crippen MR) is 298 cm³/mol. The Morgan fingerprint density at radius 3 is 2.06 bits per heavy atom. The van der Waals surface area contributed by atoms with Gasteiger partial charge in [0.25, 0.3) is 5.91 Å². The fourth-order valence-electron chi connectivity index (χ4n) is 12.1. The number of H-pyrrole nitrogens is 1. The van der Waals surface area contributed by atoms with Crippen molar-refractivity contribution in [3.05, 3.63) is 165 Å². The van der Waals surface area contributed by atoms with Crippen molar-refractivity contribution in [2.45, 2.75) is 108 Å². The van der Waals surface area contributed by atoms with Crippen molar-refractivity contribution in [2.75, 3.05) is 19.0 Å². The molecular weight excluding hydrogens is 1090 g/mol. The zero-order valence-electron chi connectivity index (χ0n) is 46.3. The summed E-state index contributed by atoms with van der Waals surface area (Å²) in [5, 5.41) is 44.5. The molecule has 83 heavy (non-hydrogen) atoms. The van der Waals surface area contributed by atoms with Crippen LogP contribution < -0.4 is 10.6 Å². The van der Waals surface area contributed by atoms with Gasteiger partial charge in [0.2, 0.25) is 11.7 Å². The minimum absolute atomic E-state index is 0.00289. The molecule has 0 spiro atoms. The van der Waals surface area contributed by atoms with E-state index in [1.807, 2.05) is 11.4 Å². The molecule has 2 amide bonds. The summed E-state index contributed by atoms with van der Waals surface area (Å²) in [6.07, 6.45) is -11.1. The molecule has 10 rings (SSSR count). The van der Waals surface area contributed by atoms with Crippen LogP contribution in [0.1, 0.15) is 102 Å². The lowest BCUT2D eigenvalue weighted by Gasteiger charge is -2.67. The first kappa shape index (κ1) is 59.2. The summed E-state index contributed by atoms with van der Waals surface area (Å²) in [5.41, 5.74) is -5.12. The molecular formula is C61H62N4O17S. The molecule has 0 radical (unpaired) electrons. The molecule has 3 fully saturated rings. The molecule has 21 nitrogen and oxygen atoms in total. The number of imidazole rings is 1. The highest BCUT2D eigenvalue weighted by Gasteiger charge is 2.78. The van der Waals surface area contributed by atoms with Crippen LogP contribution in [-0.4, -0.2) is 134 Å². The fraction of sp³-hybridized carbons (Fsp3) is 0.361. The van der Waals surface area contributed by atoms with Gasteiger partial charge in [-0.15, -0.1) is 11.3 Å². The molecule has 2 bridgehead atoms. The Labute approximate surface area is 480 Å². The smallest absolute Gasteiger partial charge is 0.413 e. The number of ketones is 2. The second kappa shape index (κ2) is 23.5. The lowest BCUT2D eigenvalue weighted by atomic mass is 9.44. The van der Waals surface area contributed by atoms with Crippen molar-refractivity contribution < 1.29 is 82.1 Å². The van der Waals surface area contributed by atoms with E-state index in [2.05, 4.69) is 25.3 Å². The minimum atomic E-state index is -2.39. The maximum absolute atomic E-state index is 15.5. The van der Waals surface area contributed by atoms with Crippen LogP contribution in [0, 0.1) is 16.7 Å². The molecule has 3 aliphatic carbocycles. The Morgan fingerprint density at radius 2 is 1.47 bits per heavy atom. The zero-order valence-corrected chi connectivity index (χ0v) is 47.1. The predicted octanol–water partition coefficient (Wildman–Crippen LogP) is 6.77. The van der Waals surface area contributed by atoms with E-state index in [1.165, 1.54) is 44.4 Å². The number of thiophene rings is 1. The van der Waals surface area contributed by atoms with Crippen LogP contribution >= 0.6 is 11.3 Å². The van der Waals surface area contributed by atoms with Crippen LogP contribution in [0.15, 0.2) is 138 Å². The fourth-order valence-corrected chi connectivity index (χ4v) is 12.8. The molecule has 2 saturated carbocycles. The first-order chi connectivity index (χ1) is 39.4. The van der Waals surface area contributed by atoms with E-state index in [0.29, 0.717) is 27.0 Å². The average molecular weight is 1160 g/mol. The normalized spacial score (nSPS) is 26.5. The molecule has 434 valence electrons. The number of methoxy groups -OCH3 is 1. The summed E-state index contributed by atoms with van der Waals surface area (Å²) in [4.78, 5) is 115. The molecule has 22 heteroatoms. The Balaban J connectivity index is 0.000000328. The average Bonchev–Trinajstić information content (AvgIpc) is 4.31. The SMILES string of the molecule is CC(=O)O[C@H]1C(=O)[C@@]2(C)[C@H]([C@H](OC(=O)c3ccccc3)[C@]3(O)C[C@H](OC(=O)[C@H](O)[C@@H](NC(=O)c4ccccc4)c4ccccc4)C(C)=C1C3(C)C)[C@]1(OC(C)=O)CO[C@@H]1C[C@@H]2O.COC(=O)Nc1nc2ccc(C(=O)c3cccs3)cc2[nH]1. The number of aromatic nitrogens is 2. The lowest BCUT2D eigenvalue weighted by molar-refractivity contribution is -0.346. The van der Waals surface area contributed by atoms with Gasteiger partial charge in [0.15, 0.2) is 23.6 Å². The van der Waals surface area contributed by atoms with Gasteiger partial charge in [-0.25, -0.2) is 19.4 Å². The monoisotopic (exact) mass is 1150 g/mol. The number of amides is 2. The van der Waals surface area contributed by atoms with Gasteiger partial charge in [0.1, 0.15) is 23.9 Å². The Hall–Kier alpha value is -8.41. The number of nitrogens with zero attached hydrogens (tertiary/aromatic N) is 1. The molecule has 3 heterocycles. The molecule has 2 aromatic heterocycles. The van der Waals surface area contributed by atoms with Gasteiger partial charge in [-0.3, -0.25) is 29.3 Å². The van der Waals surface area contributed by atoms with Gasteiger partial charge in [-0.05, 0) is 84.5 Å². The molecule has 6 N–H and O–H groups in total. The number of benzene rings is 4. The van der Waals surface area contributed by atoms with Crippen molar-refractivity contribution in [1.29, 1.82) is 0 Å². The number of anilines is 1. The Kier molecular flexibility index (Phi) is 16.7. The quantitative estimate of drug-likeness (QED) is 0.0301. The Morgan fingerprint density at radius 1 is 0.819 bits per heavy atom. The molecule has 0 unspecified atom stereocenters. The van der Waals surface area contributed by atoms with E-state index in [4.69, 9.17) is 23.7 Å². The Bertz CT molecular complexity index is 3500. The van der Waals surface area contributed by atoms with Crippen LogP contribution in [0.4, 0.5) is 10.7 Å². The van der Waals surface area contributed by atoms with E-state index in [0.717, 1.165) is 13.8 Å². The minimum Gasteiger partial charge on any atom is -0.456 e. The van der Waals surface area contributed by atoms with Crippen LogP contribution in [-0.2, 0) is 47.6 Å². The number of ether oxygens (including phenoxy) is 6. The molecule has 6 aromatic rings. The summed E-state index contributed by atoms with van der Waals surface area (Å²) in [6, 6.07) is 31.7. The number of aliphatic hydroxyl groups excluding tert-OH is 2. The largest absolute Gasteiger partial charge is 0.456 e. The highest BCUT2D eigenvalue weighted by atomic mass is 32.1. The first-order valence-electron chi connectivity index (χ1n) is 26.6. The molecule has 11 atom stereocenters. The van der Waals surface area contributed by atoms with E-state index in [-0.39, 0.29) is 47.0 Å². The summed E-state index contributed by atoms with van der Waals surface area (Å²) in [6.45, 7) is 7.97. The second-order valence-electron chi connectivity index (χ2n) is 21.6. The number of aromatic amines is 1. The van der Waals surface area contributed by atoms with E-state index in [1.54, 1.807) is 117 Å². The third-order valence-electron chi connectivity index (χ3n) is 16.4. The van der Waals surface area contributed by atoms with Gasteiger partial charge in [-0.1, -0.05) is 86.6 Å². The van der Waals surface area contributed by atoms with Gasteiger partial charge in [0, 0.05) is 43.2 Å². The molecule has 1 saturated heterocycles. The van der Waals surface area contributed by atoms with Crippen molar-refractivity contribution in [1.82, 2.24) is 15.3 Å². The highest BCUT2D eigenvalue weighted by molar-refractivity contribution is 7.12. The van der Waals surface area contributed by atoms with Gasteiger partial charge >= 0.3 is 30.0 Å². The number of fused-ring (bicyclic) bond motifs is 6. The maximum atomic E-state index is 15.5. The number of hydrogen-bond acceptors (Lipinski definition) is 19. The maximum Gasteiger partial charge on any atom is 0.413 e. The zero-order chi connectivity index (χ0) is 59.8. The van der Waals surface area contributed by atoms with E-state index in [9.17, 15) is 48.9 Å². The first-order valence-corrected chi connectivity index (χ1v) is 27.5. The lowest BCUT2D eigenvalue weighted by Crippen LogP contribution is -2.82. The number of carbonyl (C=O) groups is 8. The van der Waals surface area contributed by atoms with Crippen LogP contribution in [0.2, 0.25) is 0 Å². The molecule has 1 aliphatic heterocycles. The number of hydrogen-bond donors (Lipinski definition) is 6. The van der Waals surface area contributed by atoms with Crippen molar-refractivity contribution in [3.8, 4) is 0 Å². The van der Waals surface area contributed by atoms with Crippen LogP contribution in [0.3, 0.4) is 0 Å². The standard InChI is InChI=1S/C47H51NO14.C14H11N3O3S/c1-25-31(60-43(56)36(52)35(28-16-10-7-11-17-28)48-41(54)29-18-12-8-13-19-29)23-47(57)40(61-42(55)30-20-14-9-15-21-30)38-45(6,32(51)22-33-46(38,24-58-33)62-27(3)50)39(53)37(59-26(2)49)34(25)44(47,4)5;1-20-14(19)17-13-15-9-5-4-8(7-10(9)16-13)12(18)11-3-2-6-21-11/h7-21,31-33,35-38,40,51-52,57H,22-24H2,1-6H3,(H,48,54);2-7H,1H3,(H2,15,16,17,19)/t31-,32-,33+,35-,36+,37+,38-,40-,45+,46-,47+;/m0./s1. The summed E-state index contributed by atoms with van der Waals surface area (Å²) in [5.74, 6) is -6.60. The van der Waals surface area contributed by atoms with Crippen LogP contribution in [0.5, 0.6) is 0 Å². The molecule has 4 aromatic carbocycles. The number of aliphatic hydroxyl groups is 3. The number of nitrogens with one attached hydrogen (secondary N) is 3. The van der Waals surface area contributed by atoms with E-state index < -0.39 is 119 Å². The number of carbonyl (C=O) groups excluding carboxylic acids is 8. The third kappa shape index (κ3) is 11.1. The van der Waals surface area contributed by atoms with Crippen LogP contribution in [0.25, 0.3) is 11.0 Å². The topological polar surface area (TPSA) is 305 Å². The number of rotatable bonds is 13. The molecule has 4 aliphatic rings. The van der Waals surface area contributed by atoms with Gasteiger partial charge in [0.05, 0.1) is 58.7 Å². The van der Waals surface area contributed by atoms with Crippen molar-refractivity contribution >= 4 is 75.8 Å². The van der Waals surface area contributed by atoms with E-state index >= 15 is 4.79 Å². The summed E-state index contributed by atoms with van der Waals surface area (Å²) in [7, 11) is 1.27. The summed E-state index contributed by atoms with van der Waals surface area (Å²) >= 11 is 1.40. The summed E-state index contributed by atoms with van der Waals surface area (Å²) < 4.78 is 34.8. The van der Waals surface area contributed by atoms with Gasteiger partial charge in [-0.2, -0.15) is 0 Å². The number of esters is 4.